The number of hydrogen-bond donors (Lipinski definition) is 1. The van der Waals surface area contributed by atoms with Crippen molar-refractivity contribution in [2.45, 2.75) is 26.3 Å². The van der Waals surface area contributed by atoms with Gasteiger partial charge in [-0.25, -0.2) is 4.98 Å². The van der Waals surface area contributed by atoms with Crippen molar-refractivity contribution in [2.24, 2.45) is 5.92 Å². The number of piperidine rings is 1. The van der Waals surface area contributed by atoms with E-state index in [4.69, 9.17) is 9.47 Å². The summed E-state index contributed by atoms with van der Waals surface area (Å²) in [6.07, 6.45) is 3.85. The average Bonchev–Trinajstić information content (AvgIpc) is 2.97. The molecule has 120 valence electrons. The molecule has 3 rings (SSSR count). The van der Waals surface area contributed by atoms with E-state index in [0.717, 1.165) is 31.2 Å². The molecule has 1 aromatic rings. The summed E-state index contributed by atoms with van der Waals surface area (Å²) in [6, 6.07) is 0. The van der Waals surface area contributed by atoms with Crippen LogP contribution in [-0.4, -0.2) is 42.1 Å². The summed E-state index contributed by atoms with van der Waals surface area (Å²) in [5.74, 6) is 0.716. The molecule has 0 aromatic carbocycles. The summed E-state index contributed by atoms with van der Waals surface area (Å²) in [6.45, 7) is 6.28. The van der Waals surface area contributed by atoms with Crippen LogP contribution in [0, 0.1) is 5.92 Å². The van der Waals surface area contributed by atoms with Gasteiger partial charge in [0.05, 0.1) is 5.69 Å². The van der Waals surface area contributed by atoms with Gasteiger partial charge in [0.2, 0.25) is 5.76 Å². The predicted octanol–water partition coefficient (Wildman–Crippen LogP) is 2.20. The van der Waals surface area contributed by atoms with Crippen LogP contribution in [0.1, 0.15) is 25.5 Å². The van der Waals surface area contributed by atoms with Crippen molar-refractivity contribution in [3.05, 3.63) is 23.1 Å². The molecular formula is C15H21N3O3S. The summed E-state index contributed by atoms with van der Waals surface area (Å²) >= 11 is 1.44. The quantitative estimate of drug-likeness (QED) is 0.920. The van der Waals surface area contributed by atoms with E-state index in [9.17, 15) is 4.79 Å². The number of amides is 1. The molecule has 1 saturated heterocycles. The lowest BCUT2D eigenvalue weighted by Gasteiger charge is -2.29. The van der Waals surface area contributed by atoms with Crippen LogP contribution >= 0.6 is 11.3 Å². The van der Waals surface area contributed by atoms with Crippen LogP contribution in [-0.2, 0) is 20.8 Å². The zero-order valence-electron chi connectivity index (χ0n) is 12.7. The third kappa shape index (κ3) is 3.98. The SMILES string of the molecule is CC1CCN(Cc2csc(NC(=O)C3=COCCO3)n2)CC1. The zero-order valence-corrected chi connectivity index (χ0v) is 13.5. The molecule has 1 amide bonds. The molecule has 0 saturated carbocycles. The molecule has 6 nitrogen and oxygen atoms in total. The van der Waals surface area contributed by atoms with E-state index in [0.29, 0.717) is 18.3 Å². The normalized spacial score (nSPS) is 20.0. The van der Waals surface area contributed by atoms with E-state index >= 15 is 0 Å². The summed E-state index contributed by atoms with van der Waals surface area (Å²) < 4.78 is 10.3. The lowest BCUT2D eigenvalue weighted by molar-refractivity contribution is -0.117. The minimum atomic E-state index is -0.313. The molecule has 22 heavy (non-hydrogen) atoms. The fourth-order valence-corrected chi connectivity index (χ4v) is 3.23. The summed E-state index contributed by atoms with van der Waals surface area (Å²) in [5.41, 5.74) is 1.00. The fourth-order valence-electron chi connectivity index (χ4n) is 2.53. The third-order valence-corrected chi connectivity index (χ3v) is 4.71. The highest BCUT2D eigenvalue weighted by Crippen LogP contribution is 2.21. The van der Waals surface area contributed by atoms with Crippen molar-refractivity contribution in [1.82, 2.24) is 9.88 Å². The average molecular weight is 323 g/mol. The topological polar surface area (TPSA) is 63.7 Å². The number of hydrogen-bond acceptors (Lipinski definition) is 6. The third-order valence-electron chi connectivity index (χ3n) is 3.91. The van der Waals surface area contributed by atoms with Crippen LogP contribution < -0.4 is 5.32 Å². The van der Waals surface area contributed by atoms with E-state index in [1.54, 1.807) is 0 Å². The first-order chi connectivity index (χ1) is 10.7. The van der Waals surface area contributed by atoms with Gasteiger partial charge in [-0.2, -0.15) is 0 Å². The Bertz CT molecular complexity index is 550. The number of likely N-dealkylation sites (tertiary alicyclic amines) is 1. The highest BCUT2D eigenvalue weighted by molar-refractivity contribution is 7.13. The highest BCUT2D eigenvalue weighted by atomic mass is 32.1. The Morgan fingerprint density at radius 2 is 2.27 bits per heavy atom. The lowest BCUT2D eigenvalue weighted by atomic mass is 9.99. The summed E-state index contributed by atoms with van der Waals surface area (Å²) in [5, 5.41) is 5.35. The predicted molar refractivity (Wildman–Crippen MR) is 84.4 cm³/mol. The van der Waals surface area contributed by atoms with Crippen LogP contribution in [0.25, 0.3) is 0 Å². The standard InChI is InChI=1S/C15H21N3O3S/c1-11-2-4-18(5-3-11)8-12-10-22-15(16-12)17-14(19)13-9-20-6-7-21-13/h9-11H,2-8H2,1H3,(H,16,17,19). The van der Waals surface area contributed by atoms with Gasteiger partial charge in [-0.3, -0.25) is 15.0 Å². The van der Waals surface area contributed by atoms with E-state index in [1.807, 2.05) is 5.38 Å². The van der Waals surface area contributed by atoms with Gasteiger partial charge in [0.25, 0.3) is 5.91 Å². The van der Waals surface area contributed by atoms with Crippen LogP contribution in [0.15, 0.2) is 17.4 Å². The van der Waals surface area contributed by atoms with Crippen LogP contribution in [0.5, 0.6) is 0 Å². The first-order valence-electron chi connectivity index (χ1n) is 7.63. The maximum atomic E-state index is 12.0. The molecule has 0 radical (unpaired) electrons. The van der Waals surface area contributed by atoms with Crippen molar-refractivity contribution >= 4 is 22.4 Å². The smallest absolute Gasteiger partial charge is 0.295 e. The molecule has 0 spiro atoms. The van der Waals surface area contributed by atoms with Crippen LogP contribution in [0.3, 0.4) is 0 Å². The number of nitrogens with one attached hydrogen (secondary N) is 1. The maximum Gasteiger partial charge on any atom is 0.295 e. The van der Waals surface area contributed by atoms with Crippen molar-refractivity contribution in [1.29, 1.82) is 0 Å². The number of ether oxygens (including phenoxy) is 2. The maximum absolute atomic E-state index is 12.0. The van der Waals surface area contributed by atoms with Gasteiger partial charge in [-0.15, -0.1) is 11.3 Å². The van der Waals surface area contributed by atoms with E-state index in [-0.39, 0.29) is 11.7 Å². The van der Waals surface area contributed by atoms with Gasteiger partial charge in [-0.1, -0.05) is 6.92 Å². The van der Waals surface area contributed by atoms with Crippen molar-refractivity contribution in [3.8, 4) is 0 Å². The van der Waals surface area contributed by atoms with E-state index in [1.165, 1.54) is 30.4 Å². The summed E-state index contributed by atoms with van der Waals surface area (Å²) in [7, 11) is 0. The number of aromatic nitrogens is 1. The summed E-state index contributed by atoms with van der Waals surface area (Å²) in [4.78, 5) is 18.9. The highest BCUT2D eigenvalue weighted by Gasteiger charge is 2.19. The molecule has 7 heteroatoms. The molecule has 1 fully saturated rings. The number of thiazole rings is 1. The van der Waals surface area contributed by atoms with E-state index < -0.39 is 0 Å². The van der Waals surface area contributed by atoms with Gasteiger partial charge in [0.1, 0.15) is 19.5 Å². The zero-order chi connectivity index (χ0) is 15.4. The number of anilines is 1. The number of carbonyl (C=O) groups excluding carboxylic acids is 1. The molecule has 1 N–H and O–H groups in total. The Morgan fingerprint density at radius 3 is 3.00 bits per heavy atom. The second-order valence-electron chi connectivity index (χ2n) is 5.76. The van der Waals surface area contributed by atoms with Gasteiger partial charge in [0.15, 0.2) is 5.13 Å². The Hall–Kier alpha value is -1.60. The lowest BCUT2D eigenvalue weighted by Crippen LogP contribution is -2.32. The van der Waals surface area contributed by atoms with E-state index in [2.05, 4.69) is 22.1 Å². The van der Waals surface area contributed by atoms with Gasteiger partial charge in [0, 0.05) is 11.9 Å². The molecule has 1 aromatic heterocycles. The first kappa shape index (κ1) is 15.3. The van der Waals surface area contributed by atoms with Gasteiger partial charge < -0.3 is 9.47 Å². The van der Waals surface area contributed by atoms with Crippen LogP contribution in [0.4, 0.5) is 5.13 Å². The molecule has 0 aliphatic carbocycles. The van der Waals surface area contributed by atoms with Gasteiger partial charge in [-0.05, 0) is 31.8 Å². The number of rotatable bonds is 4. The second-order valence-corrected chi connectivity index (χ2v) is 6.62. The Morgan fingerprint density at radius 1 is 1.45 bits per heavy atom. The minimum absolute atomic E-state index is 0.202. The minimum Gasteiger partial charge on any atom is -0.494 e. The second kappa shape index (κ2) is 7.11. The molecule has 3 heterocycles. The molecular weight excluding hydrogens is 302 g/mol. The first-order valence-corrected chi connectivity index (χ1v) is 8.51. The largest absolute Gasteiger partial charge is 0.494 e. The number of nitrogens with zero attached hydrogens (tertiary/aromatic N) is 2. The van der Waals surface area contributed by atoms with Crippen molar-refractivity contribution in [3.63, 3.8) is 0 Å². The van der Waals surface area contributed by atoms with Crippen molar-refractivity contribution in [2.75, 3.05) is 31.6 Å². The Balaban J connectivity index is 1.52. The van der Waals surface area contributed by atoms with Crippen LogP contribution in [0.2, 0.25) is 0 Å². The molecule has 0 atom stereocenters. The number of carbonyl (C=O) groups is 1. The molecule has 0 unspecified atom stereocenters. The fraction of sp³-hybridized carbons (Fsp3) is 0.600. The Kier molecular flexibility index (Phi) is 4.94. The van der Waals surface area contributed by atoms with Gasteiger partial charge >= 0.3 is 0 Å². The molecule has 2 aliphatic heterocycles. The Labute approximate surface area is 134 Å². The molecule has 0 bridgehead atoms. The molecule has 2 aliphatic rings. The van der Waals surface area contributed by atoms with Crippen molar-refractivity contribution < 1.29 is 14.3 Å². The monoisotopic (exact) mass is 323 g/mol.